The highest BCUT2D eigenvalue weighted by Gasteiger charge is 2.40. The summed E-state index contributed by atoms with van der Waals surface area (Å²) < 4.78 is 0. The van der Waals surface area contributed by atoms with Crippen molar-refractivity contribution in [1.29, 1.82) is 0 Å². The number of hydrogen-bond donors (Lipinski definition) is 1. The van der Waals surface area contributed by atoms with Crippen molar-refractivity contribution in [2.45, 2.75) is 99.3 Å². The van der Waals surface area contributed by atoms with Crippen LogP contribution in [-0.4, -0.2) is 13.6 Å². The Morgan fingerprint density at radius 1 is 1.05 bits per heavy atom. The van der Waals surface area contributed by atoms with Gasteiger partial charge < -0.3 is 5.32 Å². The first kappa shape index (κ1) is 20.0. The molecule has 2 atom stereocenters. The van der Waals surface area contributed by atoms with Gasteiger partial charge in [0.25, 0.3) is 0 Å². The molecule has 0 bridgehead atoms. The molecule has 0 aliphatic heterocycles. The van der Waals surface area contributed by atoms with Crippen molar-refractivity contribution in [2.75, 3.05) is 13.6 Å². The maximum Gasteiger partial charge on any atom is -0.00183 e. The van der Waals surface area contributed by atoms with E-state index < -0.39 is 0 Å². The second-order valence-electron chi connectivity index (χ2n) is 9.98. The van der Waals surface area contributed by atoms with Crippen LogP contribution in [0.5, 0.6) is 0 Å². The topological polar surface area (TPSA) is 12.0 Å². The highest BCUT2D eigenvalue weighted by Crippen LogP contribution is 2.51. The molecule has 0 aromatic rings. The molecule has 22 heavy (non-hydrogen) atoms. The van der Waals surface area contributed by atoms with Gasteiger partial charge in [-0.1, -0.05) is 67.2 Å². The molecule has 0 heterocycles. The Morgan fingerprint density at radius 3 is 2.23 bits per heavy atom. The zero-order chi connectivity index (χ0) is 16.9. The summed E-state index contributed by atoms with van der Waals surface area (Å²) in [6.07, 6.45) is 12.8. The smallest absolute Gasteiger partial charge is 0.00183 e. The van der Waals surface area contributed by atoms with E-state index in [1.54, 1.807) is 0 Å². The van der Waals surface area contributed by atoms with E-state index >= 15 is 0 Å². The summed E-state index contributed by atoms with van der Waals surface area (Å²) in [7, 11) is 2.12. The van der Waals surface area contributed by atoms with Gasteiger partial charge in [-0.3, -0.25) is 0 Å². The fraction of sp³-hybridized carbons (Fsp3) is 1.00. The quantitative estimate of drug-likeness (QED) is 0.596. The Hall–Kier alpha value is -0.0400. The van der Waals surface area contributed by atoms with Crippen LogP contribution in [0.4, 0.5) is 0 Å². The van der Waals surface area contributed by atoms with E-state index in [4.69, 9.17) is 0 Å². The Morgan fingerprint density at radius 2 is 1.68 bits per heavy atom. The average molecular weight is 310 g/mol. The second-order valence-corrected chi connectivity index (χ2v) is 9.98. The van der Waals surface area contributed by atoms with Gasteiger partial charge in [-0.05, 0) is 67.9 Å². The lowest BCUT2D eigenvalue weighted by molar-refractivity contribution is 0.0496. The fourth-order valence-electron chi connectivity index (χ4n) is 4.95. The minimum absolute atomic E-state index is 0.399. The third-order valence-electron chi connectivity index (χ3n) is 6.05. The van der Waals surface area contributed by atoms with Gasteiger partial charge in [0, 0.05) is 0 Å². The molecule has 1 N–H and O–H groups in total. The predicted octanol–water partition coefficient (Wildman–Crippen LogP) is 6.43. The van der Waals surface area contributed by atoms with Crippen LogP contribution in [-0.2, 0) is 0 Å². The van der Waals surface area contributed by atoms with Gasteiger partial charge in [0.05, 0.1) is 0 Å². The zero-order valence-corrected chi connectivity index (χ0v) is 16.6. The third kappa shape index (κ3) is 6.22. The van der Waals surface area contributed by atoms with E-state index in [2.05, 4.69) is 53.9 Å². The molecule has 1 heteroatoms. The highest BCUT2D eigenvalue weighted by molar-refractivity contribution is 4.91. The summed E-state index contributed by atoms with van der Waals surface area (Å²) in [5, 5.41) is 3.47. The van der Waals surface area contributed by atoms with E-state index in [1.807, 2.05) is 0 Å². The van der Waals surface area contributed by atoms with E-state index in [-0.39, 0.29) is 0 Å². The van der Waals surface area contributed by atoms with Gasteiger partial charge in [-0.15, -0.1) is 0 Å². The molecule has 132 valence electrons. The molecule has 0 spiro atoms. The molecule has 1 rings (SSSR count). The molecule has 0 saturated heterocycles. The molecule has 0 aromatic heterocycles. The SMILES string of the molecule is CCCC1(CC(CNC)C(C)(C)C)CCCCCC(C)(C)C1. The first-order valence-corrected chi connectivity index (χ1v) is 9.79. The van der Waals surface area contributed by atoms with Crippen LogP contribution < -0.4 is 5.32 Å². The Balaban J connectivity index is 2.99. The van der Waals surface area contributed by atoms with E-state index in [0.29, 0.717) is 16.2 Å². The summed E-state index contributed by atoms with van der Waals surface area (Å²) in [5.74, 6) is 0.777. The standard InChI is InChI=1S/C21H43N/c1-8-12-21(15-18(16-22-7)19(2,3)4)14-11-9-10-13-20(5,6)17-21/h18,22H,8-17H2,1-7H3. The van der Waals surface area contributed by atoms with Crippen LogP contribution >= 0.6 is 0 Å². The van der Waals surface area contributed by atoms with Gasteiger partial charge in [0.15, 0.2) is 0 Å². The summed E-state index contributed by atoms with van der Waals surface area (Å²) in [5.41, 5.74) is 1.50. The summed E-state index contributed by atoms with van der Waals surface area (Å²) >= 11 is 0. The van der Waals surface area contributed by atoms with Crippen molar-refractivity contribution >= 4 is 0 Å². The van der Waals surface area contributed by atoms with Crippen LogP contribution in [0.1, 0.15) is 99.3 Å². The molecule has 0 aromatic carbocycles. The van der Waals surface area contributed by atoms with Crippen molar-refractivity contribution < 1.29 is 0 Å². The van der Waals surface area contributed by atoms with Crippen molar-refractivity contribution in [3.05, 3.63) is 0 Å². The second kappa shape index (κ2) is 8.18. The maximum atomic E-state index is 3.47. The zero-order valence-electron chi connectivity index (χ0n) is 16.6. The van der Waals surface area contributed by atoms with Crippen LogP contribution in [0, 0.1) is 22.2 Å². The molecule has 1 fully saturated rings. The van der Waals surface area contributed by atoms with Crippen LogP contribution in [0.25, 0.3) is 0 Å². The highest BCUT2D eigenvalue weighted by atomic mass is 14.8. The normalized spacial score (nSPS) is 28.0. The predicted molar refractivity (Wildman–Crippen MR) is 100 cm³/mol. The van der Waals surface area contributed by atoms with Crippen molar-refractivity contribution in [3.63, 3.8) is 0 Å². The average Bonchev–Trinajstić information content (AvgIpc) is 2.34. The Labute approximate surface area is 141 Å². The summed E-state index contributed by atoms with van der Waals surface area (Å²) in [4.78, 5) is 0. The van der Waals surface area contributed by atoms with E-state index in [9.17, 15) is 0 Å². The monoisotopic (exact) mass is 309 g/mol. The van der Waals surface area contributed by atoms with Crippen LogP contribution in [0.15, 0.2) is 0 Å². The third-order valence-corrected chi connectivity index (χ3v) is 6.05. The minimum atomic E-state index is 0.399. The number of nitrogens with one attached hydrogen (secondary N) is 1. The van der Waals surface area contributed by atoms with Crippen LogP contribution in [0.2, 0.25) is 0 Å². The largest absolute Gasteiger partial charge is 0.319 e. The molecule has 1 aliphatic carbocycles. The minimum Gasteiger partial charge on any atom is -0.319 e. The summed E-state index contributed by atoms with van der Waals surface area (Å²) in [6, 6.07) is 0. The lowest BCUT2D eigenvalue weighted by Crippen LogP contribution is -2.38. The van der Waals surface area contributed by atoms with E-state index in [1.165, 1.54) is 57.8 Å². The Bertz CT molecular complexity index is 312. The fourth-order valence-corrected chi connectivity index (χ4v) is 4.95. The first-order valence-electron chi connectivity index (χ1n) is 9.79. The lowest BCUT2D eigenvalue weighted by atomic mass is 9.59. The van der Waals surface area contributed by atoms with E-state index in [0.717, 1.165) is 12.5 Å². The molecule has 1 saturated carbocycles. The molecule has 2 unspecified atom stereocenters. The lowest BCUT2D eigenvalue weighted by Gasteiger charge is -2.46. The molecule has 0 radical (unpaired) electrons. The van der Waals surface area contributed by atoms with Gasteiger partial charge >= 0.3 is 0 Å². The van der Waals surface area contributed by atoms with Crippen molar-refractivity contribution in [3.8, 4) is 0 Å². The Kier molecular flexibility index (Phi) is 7.43. The molecule has 0 amide bonds. The molecular formula is C21H43N. The van der Waals surface area contributed by atoms with Gasteiger partial charge in [-0.2, -0.15) is 0 Å². The summed E-state index contributed by atoms with van der Waals surface area (Å²) in [6.45, 7) is 15.9. The van der Waals surface area contributed by atoms with Crippen LogP contribution in [0.3, 0.4) is 0 Å². The van der Waals surface area contributed by atoms with Crippen molar-refractivity contribution in [2.24, 2.45) is 22.2 Å². The molecule has 1 nitrogen and oxygen atoms in total. The number of hydrogen-bond acceptors (Lipinski definition) is 1. The van der Waals surface area contributed by atoms with Gasteiger partial charge in [0.1, 0.15) is 0 Å². The first-order chi connectivity index (χ1) is 10.1. The molecule has 1 aliphatic rings. The number of rotatable bonds is 6. The van der Waals surface area contributed by atoms with Crippen molar-refractivity contribution in [1.82, 2.24) is 5.32 Å². The van der Waals surface area contributed by atoms with Gasteiger partial charge in [-0.25, -0.2) is 0 Å². The maximum absolute atomic E-state index is 3.47. The van der Waals surface area contributed by atoms with Gasteiger partial charge in [0.2, 0.25) is 0 Å². The molecular weight excluding hydrogens is 266 g/mol.